The van der Waals surface area contributed by atoms with Crippen LogP contribution in [-0.4, -0.2) is 11.1 Å². The number of benzene rings is 1. The molecule has 2 heterocycles. The SMILES string of the molecule is Cc1c(Br)ccc2cc3n(c12)C(C)CNC3. The van der Waals surface area contributed by atoms with Gasteiger partial charge in [-0.25, -0.2) is 0 Å². The van der Waals surface area contributed by atoms with Gasteiger partial charge in [-0.15, -0.1) is 0 Å². The minimum atomic E-state index is 0.536. The molecule has 0 saturated carbocycles. The Balaban J connectivity index is 2.40. The molecule has 2 nitrogen and oxygen atoms in total. The van der Waals surface area contributed by atoms with E-state index >= 15 is 0 Å². The van der Waals surface area contributed by atoms with Gasteiger partial charge in [-0.1, -0.05) is 22.0 Å². The van der Waals surface area contributed by atoms with Crippen LogP contribution in [-0.2, 0) is 6.54 Å². The summed E-state index contributed by atoms with van der Waals surface area (Å²) >= 11 is 3.62. The molecule has 0 radical (unpaired) electrons. The Morgan fingerprint density at radius 1 is 1.44 bits per heavy atom. The first-order valence-corrected chi connectivity index (χ1v) is 6.47. The van der Waals surface area contributed by atoms with E-state index in [-0.39, 0.29) is 0 Å². The maximum atomic E-state index is 3.62. The minimum Gasteiger partial charge on any atom is -0.339 e. The molecule has 84 valence electrons. The van der Waals surface area contributed by atoms with Gasteiger partial charge in [-0.3, -0.25) is 0 Å². The van der Waals surface area contributed by atoms with E-state index < -0.39 is 0 Å². The molecule has 0 amide bonds. The summed E-state index contributed by atoms with van der Waals surface area (Å²) in [6.07, 6.45) is 0. The van der Waals surface area contributed by atoms with Crippen molar-refractivity contribution in [3.63, 3.8) is 0 Å². The summed E-state index contributed by atoms with van der Waals surface area (Å²) in [7, 11) is 0. The van der Waals surface area contributed by atoms with Crippen molar-refractivity contribution in [1.29, 1.82) is 0 Å². The van der Waals surface area contributed by atoms with E-state index in [0.29, 0.717) is 6.04 Å². The molecule has 0 fully saturated rings. The average molecular weight is 279 g/mol. The molecule has 1 aliphatic rings. The van der Waals surface area contributed by atoms with E-state index in [9.17, 15) is 0 Å². The van der Waals surface area contributed by atoms with Crippen LogP contribution < -0.4 is 5.32 Å². The first-order valence-electron chi connectivity index (χ1n) is 5.68. The van der Waals surface area contributed by atoms with Crippen LogP contribution in [0.5, 0.6) is 0 Å². The molecule has 16 heavy (non-hydrogen) atoms. The standard InChI is InChI=1S/C13H15BrN2/c1-8-6-15-7-11-5-10-3-4-12(14)9(2)13(10)16(8)11/h3-5,8,15H,6-7H2,1-2H3. The van der Waals surface area contributed by atoms with E-state index in [4.69, 9.17) is 0 Å². The van der Waals surface area contributed by atoms with Crippen LogP contribution in [0.1, 0.15) is 24.2 Å². The molecular formula is C13H15BrN2. The second-order valence-corrected chi connectivity index (χ2v) is 5.45. The third-order valence-corrected chi connectivity index (χ3v) is 4.31. The summed E-state index contributed by atoms with van der Waals surface area (Å²) in [5, 5.41) is 4.81. The Bertz CT molecular complexity index is 557. The van der Waals surface area contributed by atoms with Crippen molar-refractivity contribution < 1.29 is 0 Å². The zero-order chi connectivity index (χ0) is 11.3. The van der Waals surface area contributed by atoms with Gasteiger partial charge in [0, 0.05) is 34.7 Å². The fourth-order valence-electron chi connectivity index (χ4n) is 2.67. The van der Waals surface area contributed by atoms with Crippen LogP contribution in [0.3, 0.4) is 0 Å². The number of rotatable bonds is 0. The second kappa shape index (κ2) is 3.60. The highest BCUT2D eigenvalue weighted by molar-refractivity contribution is 9.10. The summed E-state index contributed by atoms with van der Waals surface area (Å²) in [6, 6.07) is 7.18. The normalized spacial score (nSPS) is 20.1. The highest BCUT2D eigenvalue weighted by Crippen LogP contribution is 2.32. The third-order valence-electron chi connectivity index (χ3n) is 3.46. The summed E-state index contributed by atoms with van der Waals surface area (Å²) in [6.45, 7) is 6.50. The Hall–Kier alpha value is -0.800. The maximum absolute atomic E-state index is 3.62. The molecule has 1 aromatic carbocycles. The number of nitrogens with zero attached hydrogens (tertiary/aromatic N) is 1. The summed E-state index contributed by atoms with van der Waals surface area (Å²) < 4.78 is 3.68. The number of aryl methyl sites for hydroxylation is 1. The van der Waals surface area contributed by atoms with Crippen molar-refractivity contribution in [3.8, 4) is 0 Å². The second-order valence-electron chi connectivity index (χ2n) is 4.60. The molecule has 1 unspecified atom stereocenters. The Morgan fingerprint density at radius 2 is 2.25 bits per heavy atom. The Labute approximate surface area is 104 Å². The number of nitrogens with one attached hydrogen (secondary N) is 1. The minimum absolute atomic E-state index is 0.536. The number of hydrogen-bond acceptors (Lipinski definition) is 1. The molecule has 0 saturated heterocycles. The van der Waals surface area contributed by atoms with Crippen LogP contribution in [0, 0.1) is 6.92 Å². The van der Waals surface area contributed by atoms with Gasteiger partial charge in [0.15, 0.2) is 0 Å². The monoisotopic (exact) mass is 278 g/mol. The van der Waals surface area contributed by atoms with Crippen molar-refractivity contribution in [2.24, 2.45) is 0 Å². The molecule has 3 rings (SSSR count). The molecule has 1 N–H and O–H groups in total. The van der Waals surface area contributed by atoms with Gasteiger partial charge < -0.3 is 9.88 Å². The highest BCUT2D eigenvalue weighted by Gasteiger charge is 2.19. The molecule has 1 aromatic heterocycles. The largest absolute Gasteiger partial charge is 0.339 e. The maximum Gasteiger partial charge on any atom is 0.0526 e. The number of fused-ring (bicyclic) bond motifs is 3. The van der Waals surface area contributed by atoms with E-state index in [1.54, 1.807) is 0 Å². The highest BCUT2D eigenvalue weighted by atomic mass is 79.9. The van der Waals surface area contributed by atoms with E-state index in [1.165, 1.54) is 26.6 Å². The molecule has 1 atom stereocenters. The molecule has 0 spiro atoms. The van der Waals surface area contributed by atoms with Crippen LogP contribution >= 0.6 is 15.9 Å². The fourth-order valence-corrected chi connectivity index (χ4v) is 2.99. The van der Waals surface area contributed by atoms with E-state index in [1.807, 2.05) is 0 Å². The summed E-state index contributed by atoms with van der Waals surface area (Å²) in [5.74, 6) is 0. The first kappa shape index (κ1) is 10.4. The molecule has 2 aromatic rings. The lowest BCUT2D eigenvalue weighted by Crippen LogP contribution is -2.31. The zero-order valence-corrected chi connectivity index (χ0v) is 11.1. The van der Waals surface area contributed by atoms with Crippen LogP contribution in [0.15, 0.2) is 22.7 Å². The fraction of sp³-hybridized carbons (Fsp3) is 0.385. The van der Waals surface area contributed by atoms with Gasteiger partial charge in [0.05, 0.1) is 5.52 Å². The van der Waals surface area contributed by atoms with Gasteiger partial charge in [-0.2, -0.15) is 0 Å². The van der Waals surface area contributed by atoms with Crippen LogP contribution in [0.25, 0.3) is 10.9 Å². The van der Waals surface area contributed by atoms with Crippen molar-refractivity contribution >= 4 is 26.8 Å². The molecule has 0 bridgehead atoms. The predicted octanol–water partition coefficient (Wildman–Crippen LogP) is 3.38. The average Bonchev–Trinajstić information content (AvgIpc) is 2.64. The van der Waals surface area contributed by atoms with Crippen molar-refractivity contribution in [2.75, 3.05) is 6.54 Å². The third kappa shape index (κ3) is 1.35. The van der Waals surface area contributed by atoms with Gasteiger partial charge in [0.1, 0.15) is 0 Å². The lowest BCUT2D eigenvalue weighted by atomic mass is 10.1. The topological polar surface area (TPSA) is 17.0 Å². The quantitative estimate of drug-likeness (QED) is 0.782. The van der Waals surface area contributed by atoms with Gasteiger partial charge in [-0.05, 0) is 31.5 Å². The molecule has 1 aliphatic heterocycles. The lowest BCUT2D eigenvalue weighted by molar-refractivity contribution is 0.439. The first-order chi connectivity index (χ1) is 7.68. The van der Waals surface area contributed by atoms with Crippen molar-refractivity contribution in [2.45, 2.75) is 26.4 Å². The van der Waals surface area contributed by atoms with Crippen LogP contribution in [0.4, 0.5) is 0 Å². The van der Waals surface area contributed by atoms with Crippen molar-refractivity contribution in [1.82, 2.24) is 9.88 Å². The van der Waals surface area contributed by atoms with Crippen molar-refractivity contribution in [3.05, 3.63) is 33.9 Å². The molecule has 0 aliphatic carbocycles. The summed E-state index contributed by atoms with van der Waals surface area (Å²) in [5.41, 5.74) is 4.13. The van der Waals surface area contributed by atoms with E-state index in [2.05, 4.69) is 57.9 Å². The zero-order valence-electron chi connectivity index (χ0n) is 9.55. The number of hydrogen-bond donors (Lipinski definition) is 1. The van der Waals surface area contributed by atoms with E-state index in [0.717, 1.165) is 13.1 Å². The Kier molecular flexibility index (Phi) is 2.33. The lowest BCUT2D eigenvalue weighted by Gasteiger charge is -2.25. The van der Waals surface area contributed by atoms with Crippen LogP contribution in [0.2, 0.25) is 0 Å². The molecule has 3 heteroatoms. The smallest absolute Gasteiger partial charge is 0.0526 e. The number of aromatic nitrogens is 1. The van der Waals surface area contributed by atoms with Gasteiger partial charge in [0.25, 0.3) is 0 Å². The van der Waals surface area contributed by atoms with Gasteiger partial charge >= 0.3 is 0 Å². The summed E-state index contributed by atoms with van der Waals surface area (Å²) in [4.78, 5) is 0. The number of halogens is 1. The van der Waals surface area contributed by atoms with Gasteiger partial charge in [0.2, 0.25) is 0 Å². The predicted molar refractivity (Wildman–Crippen MR) is 70.8 cm³/mol. The molecular weight excluding hydrogens is 264 g/mol. The Morgan fingerprint density at radius 3 is 3.06 bits per heavy atom.